The number of aliphatic hydroxyl groups is 2. The van der Waals surface area contributed by atoms with Gasteiger partial charge in [-0.3, -0.25) is 15.8 Å². The Kier molecular flexibility index (Phi) is 5.22. The van der Waals surface area contributed by atoms with E-state index in [0.29, 0.717) is 22.8 Å². The number of halogens is 1. The summed E-state index contributed by atoms with van der Waals surface area (Å²) in [7, 11) is 0. The Balaban J connectivity index is 0.00000208. The van der Waals surface area contributed by atoms with Crippen LogP contribution in [0.3, 0.4) is 0 Å². The number of nitrogens with two attached hydrogens (primary N) is 1. The summed E-state index contributed by atoms with van der Waals surface area (Å²) in [6.07, 6.45) is -0.727. The summed E-state index contributed by atoms with van der Waals surface area (Å²) >= 11 is 0. The van der Waals surface area contributed by atoms with Crippen LogP contribution in [0.2, 0.25) is 0 Å². The molecule has 10 heteroatoms. The summed E-state index contributed by atoms with van der Waals surface area (Å²) < 4.78 is 1.72. The van der Waals surface area contributed by atoms with Crippen molar-refractivity contribution in [3.63, 3.8) is 0 Å². The Bertz CT molecular complexity index is 773. The first-order valence-corrected chi connectivity index (χ1v) is 6.90. The number of non-ortho nitro benzene ring substituents is 1. The number of hydrogen-bond acceptors (Lipinski definition) is 7. The quantitative estimate of drug-likeness (QED) is 0.211. The number of fused-ring (bicyclic) bond motifs is 1. The lowest BCUT2D eigenvalue weighted by Gasteiger charge is -2.30. The van der Waals surface area contributed by atoms with Gasteiger partial charge in [0.15, 0.2) is 12.5 Å². The van der Waals surface area contributed by atoms with E-state index in [2.05, 4.69) is 10.6 Å². The first-order valence-electron chi connectivity index (χ1n) is 6.90. The molecule has 2 aromatic rings. The lowest BCUT2D eigenvalue weighted by molar-refractivity contribution is -0.673. The Hall–Kier alpha value is -2.43. The molecule has 1 aromatic heterocycles. The maximum absolute atomic E-state index is 11.1. The van der Waals surface area contributed by atoms with Crippen molar-refractivity contribution >= 4 is 22.9 Å². The van der Waals surface area contributed by atoms with Crippen molar-refractivity contribution in [1.82, 2.24) is 0 Å². The standard InChI is InChI=1S/C14H15N5O4.BrH/c15-11-3-1-2-4-18(11)7-8-5-9(19(22)23)6-10-12(8)17-14(21)13(20)16-10;/h1-6,13-17,20-21H,7H2;1H. The average Bonchev–Trinajstić information content (AvgIpc) is 2.51. The number of anilines is 3. The molecule has 3 rings (SSSR count). The summed E-state index contributed by atoms with van der Waals surface area (Å²) in [5.41, 5.74) is 7.18. The minimum Gasteiger partial charge on any atom is -1.00 e. The molecule has 9 nitrogen and oxygen atoms in total. The lowest BCUT2D eigenvalue weighted by Crippen LogP contribution is -3.00. The Labute approximate surface area is 147 Å². The van der Waals surface area contributed by atoms with Crippen LogP contribution in [0.25, 0.3) is 0 Å². The van der Waals surface area contributed by atoms with Gasteiger partial charge in [0.2, 0.25) is 0 Å². The zero-order valence-electron chi connectivity index (χ0n) is 12.4. The Morgan fingerprint density at radius 1 is 1.25 bits per heavy atom. The van der Waals surface area contributed by atoms with Crippen LogP contribution in [0.5, 0.6) is 0 Å². The van der Waals surface area contributed by atoms with Gasteiger partial charge >= 0.3 is 0 Å². The van der Waals surface area contributed by atoms with Gasteiger partial charge in [-0.05, 0) is 6.07 Å². The molecule has 0 amide bonds. The number of aromatic nitrogens is 1. The van der Waals surface area contributed by atoms with Crippen molar-refractivity contribution in [2.24, 2.45) is 0 Å². The minimum atomic E-state index is -1.26. The van der Waals surface area contributed by atoms with E-state index in [0.717, 1.165) is 0 Å². The van der Waals surface area contributed by atoms with Crippen LogP contribution in [0.15, 0.2) is 36.5 Å². The third-order valence-corrected chi connectivity index (χ3v) is 3.63. The van der Waals surface area contributed by atoms with Crippen LogP contribution in [0.4, 0.5) is 22.9 Å². The SMILES string of the molecule is Nc1cccc[n+]1Cc1cc([N+](=O)[O-])cc2c1NC(O)C(O)N2.[Br-]. The maximum Gasteiger partial charge on any atom is 0.272 e. The summed E-state index contributed by atoms with van der Waals surface area (Å²) in [6.45, 7) is 0.272. The molecule has 6 N–H and O–H groups in total. The fraction of sp³-hybridized carbons (Fsp3) is 0.214. The number of pyridine rings is 1. The van der Waals surface area contributed by atoms with Gasteiger partial charge in [0.1, 0.15) is 6.54 Å². The molecular weight excluding hydrogens is 382 g/mol. The molecule has 0 spiro atoms. The zero-order valence-corrected chi connectivity index (χ0v) is 14.0. The van der Waals surface area contributed by atoms with E-state index in [-0.39, 0.29) is 29.2 Å². The molecule has 0 aliphatic carbocycles. The Morgan fingerprint density at radius 2 is 1.96 bits per heavy atom. The molecule has 0 saturated heterocycles. The largest absolute Gasteiger partial charge is 1.00 e. The summed E-state index contributed by atoms with van der Waals surface area (Å²) in [5.74, 6) is 0.497. The lowest BCUT2D eigenvalue weighted by atomic mass is 10.1. The topological polar surface area (TPSA) is 138 Å². The van der Waals surface area contributed by atoms with Crippen LogP contribution in [-0.2, 0) is 6.54 Å². The number of nitrogen functional groups attached to an aromatic ring is 1. The van der Waals surface area contributed by atoms with Crippen LogP contribution in [0.1, 0.15) is 5.56 Å². The second-order valence-corrected chi connectivity index (χ2v) is 5.22. The van der Waals surface area contributed by atoms with Crippen LogP contribution < -0.4 is 37.9 Å². The van der Waals surface area contributed by atoms with E-state index < -0.39 is 17.4 Å². The fourth-order valence-corrected chi connectivity index (χ4v) is 2.48. The molecule has 1 aliphatic heterocycles. The maximum atomic E-state index is 11.1. The van der Waals surface area contributed by atoms with E-state index in [9.17, 15) is 20.3 Å². The number of benzene rings is 1. The number of rotatable bonds is 3. The zero-order chi connectivity index (χ0) is 16.6. The van der Waals surface area contributed by atoms with Gasteiger partial charge in [-0.25, -0.2) is 4.57 Å². The average molecular weight is 398 g/mol. The van der Waals surface area contributed by atoms with E-state index in [4.69, 9.17) is 5.73 Å². The molecule has 1 aliphatic rings. The molecule has 2 atom stereocenters. The minimum absolute atomic E-state index is 0. The molecule has 0 fully saturated rings. The summed E-state index contributed by atoms with van der Waals surface area (Å²) in [6, 6.07) is 8.02. The third kappa shape index (κ3) is 3.40. The van der Waals surface area contributed by atoms with Gasteiger partial charge < -0.3 is 37.8 Å². The third-order valence-electron chi connectivity index (χ3n) is 3.63. The van der Waals surface area contributed by atoms with Crippen molar-refractivity contribution in [3.05, 3.63) is 52.2 Å². The van der Waals surface area contributed by atoms with Crippen molar-refractivity contribution in [2.45, 2.75) is 19.0 Å². The smallest absolute Gasteiger partial charge is 0.272 e. The number of aliphatic hydroxyl groups excluding tert-OH is 2. The summed E-state index contributed by atoms with van der Waals surface area (Å²) in [5, 5.41) is 35.9. The van der Waals surface area contributed by atoms with E-state index in [1.165, 1.54) is 12.1 Å². The molecule has 1 aromatic carbocycles. The highest BCUT2D eigenvalue weighted by molar-refractivity contribution is 5.77. The first kappa shape index (κ1) is 17.9. The van der Waals surface area contributed by atoms with Crippen molar-refractivity contribution in [1.29, 1.82) is 0 Å². The second kappa shape index (κ2) is 6.99. The molecule has 24 heavy (non-hydrogen) atoms. The van der Waals surface area contributed by atoms with Gasteiger partial charge in [0.25, 0.3) is 11.5 Å². The van der Waals surface area contributed by atoms with Crippen LogP contribution >= 0.6 is 0 Å². The van der Waals surface area contributed by atoms with Gasteiger partial charge in [0.05, 0.1) is 22.5 Å². The second-order valence-electron chi connectivity index (χ2n) is 5.22. The molecule has 2 heterocycles. The molecule has 0 bridgehead atoms. The van der Waals surface area contributed by atoms with Gasteiger partial charge in [-0.2, -0.15) is 0 Å². The number of nitro groups is 1. The molecule has 2 unspecified atom stereocenters. The number of nitrogens with one attached hydrogen (secondary N) is 2. The van der Waals surface area contributed by atoms with Crippen molar-refractivity contribution in [3.8, 4) is 0 Å². The van der Waals surface area contributed by atoms with Crippen LogP contribution in [0, 0.1) is 10.1 Å². The molecular formula is C14H16BrN5O4. The number of nitro benzene ring substituents is 1. The molecule has 0 saturated carbocycles. The van der Waals surface area contributed by atoms with Crippen molar-refractivity contribution < 1.29 is 36.7 Å². The molecule has 128 valence electrons. The highest BCUT2D eigenvalue weighted by Gasteiger charge is 2.28. The predicted molar refractivity (Wildman–Crippen MR) is 82.5 cm³/mol. The first-order chi connectivity index (χ1) is 11.0. The van der Waals surface area contributed by atoms with E-state index >= 15 is 0 Å². The van der Waals surface area contributed by atoms with Gasteiger partial charge in [0, 0.05) is 23.8 Å². The predicted octanol–water partition coefficient (Wildman–Crippen LogP) is -3.01. The highest BCUT2D eigenvalue weighted by Crippen LogP contribution is 2.35. The molecule has 0 radical (unpaired) electrons. The summed E-state index contributed by atoms with van der Waals surface area (Å²) in [4.78, 5) is 10.6. The Morgan fingerprint density at radius 3 is 2.62 bits per heavy atom. The van der Waals surface area contributed by atoms with Crippen LogP contribution in [-0.4, -0.2) is 27.6 Å². The van der Waals surface area contributed by atoms with E-state index in [1.807, 2.05) is 0 Å². The monoisotopic (exact) mass is 397 g/mol. The number of hydrogen-bond donors (Lipinski definition) is 5. The number of nitrogens with zero attached hydrogens (tertiary/aromatic N) is 2. The van der Waals surface area contributed by atoms with Gasteiger partial charge in [-0.1, -0.05) is 6.07 Å². The highest BCUT2D eigenvalue weighted by atomic mass is 79.9. The van der Waals surface area contributed by atoms with E-state index in [1.54, 1.807) is 29.0 Å². The van der Waals surface area contributed by atoms with Gasteiger partial charge in [-0.15, -0.1) is 0 Å². The fourth-order valence-electron chi connectivity index (χ4n) is 2.48. The van der Waals surface area contributed by atoms with Crippen molar-refractivity contribution in [2.75, 3.05) is 16.4 Å². The normalized spacial score (nSPS) is 18.6.